The van der Waals surface area contributed by atoms with Crippen LogP contribution in [0.3, 0.4) is 0 Å². The third-order valence-corrected chi connectivity index (χ3v) is 3.91. The van der Waals surface area contributed by atoms with Crippen LogP contribution in [0.4, 0.5) is 0 Å². The number of para-hydroxylation sites is 1. The standard InChI is InChI=1S/C16H20N2O2/c1-11-4-2-6-14-12(9-18-16(11)14)8-15(19)17-10-13-5-3-7-20-13/h2,4,6,9,13,18H,3,5,7-8,10H2,1H3,(H,17,19). The van der Waals surface area contributed by atoms with Crippen LogP contribution >= 0.6 is 0 Å². The minimum Gasteiger partial charge on any atom is -0.376 e. The molecule has 1 aliphatic rings. The van der Waals surface area contributed by atoms with Crippen molar-refractivity contribution in [3.05, 3.63) is 35.5 Å². The number of aromatic nitrogens is 1. The average molecular weight is 272 g/mol. The van der Waals surface area contributed by atoms with E-state index >= 15 is 0 Å². The maximum atomic E-state index is 12.0. The second-order valence-corrected chi connectivity index (χ2v) is 5.43. The first-order chi connectivity index (χ1) is 9.74. The van der Waals surface area contributed by atoms with E-state index in [4.69, 9.17) is 4.74 Å². The molecule has 0 radical (unpaired) electrons. The van der Waals surface area contributed by atoms with Gasteiger partial charge in [-0.3, -0.25) is 4.79 Å². The molecule has 0 spiro atoms. The molecular weight excluding hydrogens is 252 g/mol. The van der Waals surface area contributed by atoms with Gasteiger partial charge < -0.3 is 15.0 Å². The van der Waals surface area contributed by atoms with Crippen LogP contribution in [0.5, 0.6) is 0 Å². The van der Waals surface area contributed by atoms with E-state index in [9.17, 15) is 4.79 Å². The number of fused-ring (bicyclic) bond motifs is 1. The van der Waals surface area contributed by atoms with Gasteiger partial charge in [-0.25, -0.2) is 0 Å². The SMILES string of the molecule is Cc1cccc2c(CC(=O)NCC3CCCO3)c[nH]c12. The van der Waals surface area contributed by atoms with Gasteiger partial charge >= 0.3 is 0 Å². The summed E-state index contributed by atoms with van der Waals surface area (Å²) < 4.78 is 5.50. The molecule has 1 amide bonds. The van der Waals surface area contributed by atoms with Crippen molar-refractivity contribution in [1.29, 1.82) is 0 Å². The number of H-pyrrole nitrogens is 1. The lowest BCUT2D eigenvalue weighted by Gasteiger charge is -2.10. The van der Waals surface area contributed by atoms with Crippen molar-refractivity contribution in [2.45, 2.75) is 32.3 Å². The summed E-state index contributed by atoms with van der Waals surface area (Å²) in [6, 6.07) is 6.15. The molecule has 1 fully saturated rings. The Morgan fingerprint density at radius 2 is 2.40 bits per heavy atom. The number of nitrogens with one attached hydrogen (secondary N) is 2. The molecule has 1 atom stereocenters. The van der Waals surface area contributed by atoms with Gasteiger partial charge in [0.1, 0.15) is 0 Å². The van der Waals surface area contributed by atoms with Crippen molar-refractivity contribution in [2.75, 3.05) is 13.2 Å². The highest BCUT2D eigenvalue weighted by molar-refractivity contribution is 5.90. The van der Waals surface area contributed by atoms with E-state index in [1.165, 1.54) is 5.56 Å². The number of aryl methyl sites for hydroxylation is 1. The highest BCUT2D eigenvalue weighted by Crippen LogP contribution is 2.21. The maximum absolute atomic E-state index is 12.0. The highest BCUT2D eigenvalue weighted by Gasteiger charge is 2.16. The topological polar surface area (TPSA) is 54.1 Å². The first-order valence-electron chi connectivity index (χ1n) is 7.18. The van der Waals surface area contributed by atoms with Crippen molar-refractivity contribution < 1.29 is 9.53 Å². The van der Waals surface area contributed by atoms with Crippen LogP contribution in [0.2, 0.25) is 0 Å². The van der Waals surface area contributed by atoms with Gasteiger partial charge in [-0.05, 0) is 30.9 Å². The molecule has 2 aromatic rings. The number of amides is 1. The third-order valence-electron chi connectivity index (χ3n) is 3.91. The van der Waals surface area contributed by atoms with Crippen molar-refractivity contribution >= 4 is 16.8 Å². The molecule has 0 bridgehead atoms. The molecular formula is C16H20N2O2. The molecule has 106 valence electrons. The summed E-state index contributed by atoms with van der Waals surface area (Å²) in [7, 11) is 0. The molecule has 0 saturated carbocycles. The average Bonchev–Trinajstić information content (AvgIpc) is 3.07. The number of rotatable bonds is 4. The van der Waals surface area contributed by atoms with Gasteiger partial charge in [0.05, 0.1) is 12.5 Å². The van der Waals surface area contributed by atoms with Crippen molar-refractivity contribution in [2.24, 2.45) is 0 Å². The lowest BCUT2D eigenvalue weighted by atomic mass is 10.1. The number of hydrogen-bond acceptors (Lipinski definition) is 2. The highest BCUT2D eigenvalue weighted by atomic mass is 16.5. The summed E-state index contributed by atoms with van der Waals surface area (Å²) in [5, 5.41) is 4.10. The molecule has 1 aliphatic heterocycles. The quantitative estimate of drug-likeness (QED) is 0.897. The minimum absolute atomic E-state index is 0.0582. The summed E-state index contributed by atoms with van der Waals surface area (Å²) in [4.78, 5) is 15.3. The fraction of sp³-hybridized carbons (Fsp3) is 0.438. The zero-order chi connectivity index (χ0) is 13.9. The van der Waals surface area contributed by atoms with Crippen LogP contribution in [-0.4, -0.2) is 30.1 Å². The van der Waals surface area contributed by atoms with Crippen LogP contribution < -0.4 is 5.32 Å². The maximum Gasteiger partial charge on any atom is 0.224 e. The molecule has 0 aliphatic carbocycles. The second-order valence-electron chi connectivity index (χ2n) is 5.43. The summed E-state index contributed by atoms with van der Waals surface area (Å²) in [5.41, 5.74) is 3.37. The molecule has 4 nitrogen and oxygen atoms in total. The summed E-state index contributed by atoms with van der Waals surface area (Å²) in [6.45, 7) is 3.52. The zero-order valence-electron chi connectivity index (χ0n) is 11.7. The van der Waals surface area contributed by atoms with E-state index in [2.05, 4.69) is 29.4 Å². The Hall–Kier alpha value is -1.81. The molecule has 1 saturated heterocycles. The fourth-order valence-corrected chi connectivity index (χ4v) is 2.78. The van der Waals surface area contributed by atoms with Crippen molar-refractivity contribution in [3.8, 4) is 0 Å². The number of hydrogen-bond donors (Lipinski definition) is 2. The first-order valence-corrected chi connectivity index (χ1v) is 7.18. The van der Waals surface area contributed by atoms with Crippen molar-refractivity contribution in [1.82, 2.24) is 10.3 Å². The number of benzene rings is 1. The van der Waals surface area contributed by atoms with E-state index in [-0.39, 0.29) is 12.0 Å². The first kappa shape index (κ1) is 13.2. The fourth-order valence-electron chi connectivity index (χ4n) is 2.78. The Morgan fingerprint density at radius 1 is 1.50 bits per heavy atom. The minimum atomic E-state index is 0.0582. The monoisotopic (exact) mass is 272 g/mol. The zero-order valence-corrected chi connectivity index (χ0v) is 11.7. The largest absolute Gasteiger partial charge is 0.376 e. The molecule has 1 aromatic heterocycles. The smallest absolute Gasteiger partial charge is 0.224 e. The number of carbonyl (C=O) groups is 1. The molecule has 1 aromatic carbocycles. The van der Waals surface area contributed by atoms with E-state index in [0.29, 0.717) is 13.0 Å². The Bertz CT molecular complexity index is 612. The van der Waals surface area contributed by atoms with Crippen LogP contribution in [0.15, 0.2) is 24.4 Å². The summed E-state index contributed by atoms with van der Waals surface area (Å²) in [6.07, 6.45) is 4.69. The summed E-state index contributed by atoms with van der Waals surface area (Å²) >= 11 is 0. The van der Waals surface area contributed by atoms with E-state index < -0.39 is 0 Å². The van der Waals surface area contributed by atoms with Crippen LogP contribution in [0.25, 0.3) is 10.9 Å². The van der Waals surface area contributed by atoms with Crippen molar-refractivity contribution in [3.63, 3.8) is 0 Å². The Morgan fingerprint density at radius 3 is 3.20 bits per heavy atom. The molecule has 4 heteroatoms. The van der Waals surface area contributed by atoms with Gasteiger partial charge in [0.15, 0.2) is 0 Å². The number of ether oxygens (including phenoxy) is 1. The number of carbonyl (C=O) groups excluding carboxylic acids is 1. The van der Waals surface area contributed by atoms with E-state index in [1.807, 2.05) is 12.3 Å². The molecule has 3 rings (SSSR count). The lowest BCUT2D eigenvalue weighted by Crippen LogP contribution is -2.32. The third kappa shape index (κ3) is 2.70. The molecule has 2 N–H and O–H groups in total. The van der Waals surface area contributed by atoms with E-state index in [1.54, 1.807) is 0 Å². The van der Waals surface area contributed by atoms with Gasteiger partial charge in [-0.1, -0.05) is 18.2 Å². The predicted octanol–water partition coefficient (Wildman–Crippen LogP) is 2.31. The van der Waals surface area contributed by atoms with Gasteiger partial charge in [0.2, 0.25) is 5.91 Å². The Kier molecular flexibility index (Phi) is 3.74. The van der Waals surface area contributed by atoms with E-state index in [0.717, 1.165) is 35.9 Å². The Labute approximate surface area is 118 Å². The van der Waals surface area contributed by atoms with Gasteiger partial charge in [-0.2, -0.15) is 0 Å². The number of aromatic amines is 1. The van der Waals surface area contributed by atoms with Crippen LogP contribution in [0.1, 0.15) is 24.0 Å². The van der Waals surface area contributed by atoms with Crippen LogP contribution in [0, 0.1) is 6.92 Å². The summed E-state index contributed by atoms with van der Waals surface area (Å²) in [5.74, 6) is 0.0582. The molecule has 1 unspecified atom stereocenters. The Balaban J connectivity index is 1.63. The van der Waals surface area contributed by atoms with Crippen LogP contribution in [-0.2, 0) is 16.0 Å². The lowest BCUT2D eigenvalue weighted by molar-refractivity contribution is -0.120. The van der Waals surface area contributed by atoms with Gasteiger partial charge in [-0.15, -0.1) is 0 Å². The molecule has 20 heavy (non-hydrogen) atoms. The molecule has 2 heterocycles. The predicted molar refractivity (Wildman–Crippen MR) is 78.7 cm³/mol. The normalized spacial score (nSPS) is 18.6. The second kappa shape index (κ2) is 5.67. The van der Waals surface area contributed by atoms with Gasteiger partial charge in [0, 0.05) is 30.3 Å². The van der Waals surface area contributed by atoms with Gasteiger partial charge in [0.25, 0.3) is 0 Å².